The van der Waals surface area contributed by atoms with E-state index in [0.717, 1.165) is 18.5 Å². The van der Waals surface area contributed by atoms with E-state index in [9.17, 15) is 9.59 Å². The van der Waals surface area contributed by atoms with Gasteiger partial charge in [-0.3, -0.25) is 4.79 Å². The maximum atomic E-state index is 12.1. The molecule has 5 heteroatoms. The fourth-order valence-corrected chi connectivity index (χ4v) is 2.20. The quantitative estimate of drug-likeness (QED) is 0.826. The van der Waals surface area contributed by atoms with Crippen LogP contribution in [0.1, 0.15) is 36.5 Å². The normalized spacial score (nSPS) is 11.9. The molecule has 2 rings (SSSR count). The molecule has 22 heavy (non-hydrogen) atoms. The largest absolute Gasteiger partial charge is 0.480 e. The van der Waals surface area contributed by atoms with Crippen LogP contribution in [-0.4, -0.2) is 27.6 Å². The fraction of sp³-hybridized carbons (Fsp3) is 0.294. The zero-order valence-corrected chi connectivity index (χ0v) is 12.5. The van der Waals surface area contributed by atoms with E-state index >= 15 is 0 Å². The highest BCUT2D eigenvalue weighted by atomic mass is 16.4. The molecular weight excluding hydrogens is 280 g/mol. The molecule has 0 aliphatic rings. The van der Waals surface area contributed by atoms with Crippen molar-refractivity contribution in [2.45, 2.75) is 32.2 Å². The Labute approximate surface area is 129 Å². The summed E-state index contributed by atoms with van der Waals surface area (Å²) in [5.74, 6) is -1.35. The molecule has 0 saturated heterocycles. The Balaban J connectivity index is 2.04. The van der Waals surface area contributed by atoms with Crippen molar-refractivity contribution >= 4 is 11.9 Å². The molecule has 1 unspecified atom stereocenters. The molecule has 0 bridgehead atoms. The van der Waals surface area contributed by atoms with Crippen LogP contribution in [0.25, 0.3) is 5.69 Å². The minimum absolute atomic E-state index is 0.359. The van der Waals surface area contributed by atoms with Crippen molar-refractivity contribution in [3.05, 3.63) is 54.4 Å². The van der Waals surface area contributed by atoms with Gasteiger partial charge in [-0.1, -0.05) is 19.8 Å². The number of nitrogens with one attached hydrogen (secondary N) is 1. The topological polar surface area (TPSA) is 71.3 Å². The Bertz CT molecular complexity index is 618. The zero-order chi connectivity index (χ0) is 15.9. The monoisotopic (exact) mass is 300 g/mol. The van der Waals surface area contributed by atoms with Crippen molar-refractivity contribution in [3.63, 3.8) is 0 Å². The Hall–Kier alpha value is -2.56. The first kappa shape index (κ1) is 15.8. The second kappa shape index (κ2) is 7.45. The highest BCUT2D eigenvalue weighted by Gasteiger charge is 2.19. The van der Waals surface area contributed by atoms with Crippen LogP contribution in [0.5, 0.6) is 0 Å². The van der Waals surface area contributed by atoms with Crippen LogP contribution in [-0.2, 0) is 4.79 Å². The second-order valence-corrected chi connectivity index (χ2v) is 5.14. The van der Waals surface area contributed by atoms with Crippen molar-refractivity contribution in [1.29, 1.82) is 0 Å². The first-order valence-corrected chi connectivity index (χ1v) is 7.39. The summed E-state index contributed by atoms with van der Waals surface area (Å²) in [5, 5.41) is 11.7. The Morgan fingerprint density at radius 3 is 2.36 bits per heavy atom. The van der Waals surface area contributed by atoms with E-state index in [2.05, 4.69) is 5.32 Å². The Morgan fingerprint density at radius 2 is 1.82 bits per heavy atom. The third-order valence-corrected chi connectivity index (χ3v) is 3.48. The van der Waals surface area contributed by atoms with Gasteiger partial charge in [-0.25, -0.2) is 4.79 Å². The SMILES string of the molecule is CCCCC(NC(=O)c1ccc(-n2cccc2)cc1)C(=O)O. The highest BCUT2D eigenvalue weighted by molar-refractivity contribution is 5.96. The summed E-state index contributed by atoms with van der Waals surface area (Å²) < 4.78 is 1.93. The number of nitrogens with zero attached hydrogens (tertiary/aromatic N) is 1. The fourth-order valence-electron chi connectivity index (χ4n) is 2.20. The standard InChI is InChI=1S/C17H20N2O3/c1-2-3-6-15(17(21)22)18-16(20)13-7-9-14(10-8-13)19-11-4-5-12-19/h4-5,7-12,15H,2-3,6H2,1H3,(H,18,20)(H,21,22). The summed E-state index contributed by atoms with van der Waals surface area (Å²) >= 11 is 0. The lowest BCUT2D eigenvalue weighted by Gasteiger charge is -2.14. The lowest BCUT2D eigenvalue weighted by molar-refractivity contribution is -0.139. The molecule has 5 nitrogen and oxygen atoms in total. The number of rotatable bonds is 7. The summed E-state index contributed by atoms with van der Waals surface area (Å²) in [6.45, 7) is 1.99. The number of aromatic nitrogens is 1. The Morgan fingerprint density at radius 1 is 1.18 bits per heavy atom. The molecule has 0 aliphatic carbocycles. The van der Waals surface area contributed by atoms with Crippen LogP contribution in [0.2, 0.25) is 0 Å². The molecule has 0 spiro atoms. The van der Waals surface area contributed by atoms with Crippen LogP contribution in [0, 0.1) is 0 Å². The number of carbonyl (C=O) groups is 2. The predicted molar refractivity (Wildman–Crippen MR) is 84.2 cm³/mol. The molecular formula is C17H20N2O3. The van der Waals surface area contributed by atoms with Crippen LogP contribution >= 0.6 is 0 Å². The van der Waals surface area contributed by atoms with Crippen molar-refractivity contribution in [2.75, 3.05) is 0 Å². The molecule has 1 aromatic heterocycles. The molecule has 0 radical (unpaired) electrons. The van der Waals surface area contributed by atoms with Gasteiger partial charge in [0.25, 0.3) is 5.91 Å². The van der Waals surface area contributed by atoms with Gasteiger partial charge in [0, 0.05) is 23.6 Å². The highest BCUT2D eigenvalue weighted by Crippen LogP contribution is 2.11. The number of carbonyl (C=O) groups excluding carboxylic acids is 1. The molecule has 1 heterocycles. The smallest absolute Gasteiger partial charge is 0.326 e. The number of carboxylic acid groups (broad SMARTS) is 1. The summed E-state index contributed by atoms with van der Waals surface area (Å²) in [4.78, 5) is 23.3. The molecule has 0 aliphatic heterocycles. The summed E-state index contributed by atoms with van der Waals surface area (Å²) in [6, 6.07) is 10.1. The Kier molecular flexibility index (Phi) is 5.36. The van der Waals surface area contributed by atoms with E-state index in [1.54, 1.807) is 12.1 Å². The number of carboxylic acids is 1. The number of hydrogen-bond donors (Lipinski definition) is 2. The molecule has 0 saturated carbocycles. The van der Waals surface area contributed by atoms with E-state index < -0.39 is 12.0 Å². The van der Waals surface area contributed by atoms with Gasteiger partial charge in [-0.05, 0) is 42.8 Å². The van der Waals surface area contributed by atoms with Gasteiger partial charge in [-0.15, -0.1) is 0 Å². The van der Waals surface area contributed by atoms with Crippen LogP contribution in [0.4, 0.5) is 0 Å². The first-order chi connectivity index (χ1) is 10.6. The number of benzene rings is 1. The van der Waals surface area contributed by atoms with Crippen molar-refractivity contribution < 1.29 is 14.7 Å². The maximum Gasteiger partial charge on any atom is 0.326 e. The van der Waals surface area contributed by atoms with Crippen LogP contribution in [0.3, 0.4) is 0 Å². The summed E-state index contributed by atoms with van der Waals surface area (Å²) in [6.07, 6.45) is 5.94. The van der Waals surface area contributed by atoms with Crippen LogP contribution in [0.15, 0.2) is 48.8 Å². The van der Waals surface area contributed by atoms with Gasteiger partial charge >= 0.3 is 5.97 Å². The molecule has 1 atom stereocenters. The van der Waals surface area contributed by atoms with E-state index in [0.29, 0.717) is 12.0 Å². The van der Waals surface area contributed by atoms with Crippen LogP contribution < -0.4 is 5.32 Å². The lowest BCUT2D eigenvalue weighted by Crippen LogP contribution is -2.40. The molecule has 116 valence electrons. The van der Waals surface area contributed by atoms with E-state index in [1.807, 2.05) is 48.1 Å². The van der Waals surface area contributed by atoms with Gasteiger partial charge in [0.15, 0.2) is 0 Å². The zero-order valence-electron chi connectivity index (χ0n) is 12.5. The maximum absolute atomic E-state index is 12.1. The molecule has 1 aromatic carbocycles. The first-order valence-electron chi connectivity index (χ1n) is 7.39. The number of aliphatic carboxylic acids is 1. The lowest BCUT2D eigenvalue weighted by atomic mass is 10.1. The number of amides is 1. The third-order valence-electron chi connectivity index (χ3n) is 3.48. The molecule has 1 amide bonds. The molecule has 0 fully saturated rings. The third kappa shape index (κ3) is 3.97. The van der Waals surface area contributed by atoms with Gasteiger partial charge in [0.1, 0.15) is 6.04 Å². The average molecular weight is 300 g/mol. The summed E-state index contributed by atoms with van der Waals surface area (Å²) in [7, 11) is 0. The summed E-state index contributed by atoms with van der Waals surface area (Å²) in [5.41, 5.74) is 1.40. The van der Waals surface area contributed by atoms with Gasteiger partial charge in [0.2, 0.25) is 0 Å². The van der Waals surface area contributed by atoms with Crippen molar-refractivity contribution in [3.8, 4) is 5.69 Å². The minimum Gasteiger partial charge on any atom is -0.480 e. The van der Waals surface area contributed by atoms with Crippen molar-refractivity contribution in [1.82, 2.24) is 9.88 Å². The van der Waals surface area contributed by atoms with Gasteiger partial charge in [-0.2, -0.15) is 0 Å². The molecule has 2 aromatic rings. The predicted octanol–water partition coefficient (Wildman–Crippen LogP) is 2.85. The van der Waals surface area contributed by atoms with E-state index in [1.165, 1.54) is 0 Å². The van der Waals surface area contributed by atoms with E-state index in [4.69, 9.17) is 5.11 Å². The second-order valence-electron chi connectivity index (χ2n) is 5.14. The number of unbranched alkanes of at least 4 members (excludes halogenated alkanes) is 1. The number of hydrogen-bond acceptors (Lipinski definition) is 2. The van der Waals surface area contributed by atoms with E-state index in [-0.39, 0.29) is 5.91 Å². The minimum atomic E-state index is -0.995. The average Bonchev–Trinajstić information content (AvgIpc) is 3.05. The molecule has 2 N–H and O–H groups in total. The van der Waals surface area contributed by atoms with Crippen molar-refractivity contribution in [2.24, 2.45) is 0 Å². The van der Waals surface area contributed by atoms with Gasteiger partial charge in [0.05, 0.1) is 0 Å². The van der Waals surface area contributed by atoms with Gasteiger partial charge < -0.3 is 15.0 Å².